The molecule has 0 spiro atoms. The topological polar surface area (TPSA) is 84.2 Å². The summed E-state index contributed by atoms with van der Waals surface area (Å²) in [5, 5.41) is 0. The summed E-state index contributed by atoms with van der Waals surface area (Å²) in [6.07, 6.45) is 2.20. The van der Waals surface area contributed by atoms with Crippen molar-refractivity contribution in [1.29, 1.82) is 0 Å². The van der Waals surface area contributed by atoms with Crippen LogP contribution in [-0.4, -0.2) is 26.0 Å². The molecule has 0 fully saturated rings. The van der Waals surface area contributed by atoms with Gasteiger partial charge in [0.15, 0.2) is 0 Å². The van der Waals surface area contributed by atoms with Gasteiger partial charge in [-0.3, -0.25) is 0 Å². The fourth-order valence-electron chi connectivity index (χ4n) is 0.983. The summed E-state index contributed by atoms with van der Waals surface area (Å²) in [6, 6.07) is -0.0980. The molecular weight excluding hydrogens is 234 g/mol. The highest BCUT2D eigenvalue weighted by atomic mass is 32.2. The van der Waals surface area contributed by atoms with Crippen molar-refractivity contribution in [2.75, 3.05) is 6.54 Å². The molecule has 0 rings (SSSR count). The van der Waals surface area contributed by atoms with E-state index in [0.29, 0.717) is 18.0 Å². The first-order valence-electron chi connectivity index (χ1n) is 4.88. The quantitative estimate of drug-likeness (QED) is 0.428. The summed E-state index contributed by atoms with van der Waals surface area (Å²) in [6.45, 7) is 3.95. The molecule has 0 atom stereocenters. The average molecular weight is 253 g/mol. The van der Waals surface area contributed by atoms with E-state index in [1.54, 1.807) is 13.8 Å². The van der Waals surface area contributed by atoms with Crippen LogP contribution in [0.1, 0.15) is 33.1 Å². The number of nitrogens with two attached hydrogens (primary N) is 1. The van der Waals surface area contributed by atoms with E-state index in [9.17, 15) is 8.42 Å². The van der Waals surface area contributed by atoms with Crippen molar-refractivity contribution in [2.24, 2.45) is 5.73 Å². The molecule has 0 radical (unpaired) electrons. The van der Waals surface area contributed by atoms with E-state index in [-0.39, 0.29) is 6.04 Å². The molecule has 0 saturated carbocycles. The molecule has 0 aromatic rings. The van der Waals surface area contributed by atoms with E-state index in [1.807, 2.05) is 0 Å². The standard InChI is InChI=1S/C8H19N3O2S2/c1-7(2)11-15(12,13)10-6-4-3-5-8(9)14/h7,10-11H,3-6H2,1-2H3,(H2,9,14). The molecule has 0 unspecified atom stereocenters. The minimum atomic E-state index is -3.35. The van der Waals surface area contributed by atoms with Crippen LogP contribution in [0, 0.1) is 0 Å². The van der Waals surface area contributed by atoms with Crippen molar-refractivity contribution in [3.8, 4) is 0 Å². The van der Waals surface area contributed by atoms with Crippen molar-refractivity contribution < 1.29 is 8.42 Å². The summed E-state index contributed by atoms with van der Waals surface area (Å²) >= 11 is 4.70. The molecule has 15 heavy (non-hydrogen) atoms. The SMILES string of the molecule is CC(C)NS(=O)(=O)NCCCCC(N)=S. The van der Waals surface area contributed by atoms with Gasteiger partial charge >= 0.3 is 0 Å². The van der Waals surface area contributed by atoms with Gasteiger partial charge in [0.05, 0.1) is 4.99 Å². The number of hydrogen-bond acceptors (Lipinski definition) is 3. The predicted octanol–water partition coefficient (Wildman–Crippen LogP) is 0.275. The first-order valence-corrected chi connectivity index (χ1v) is 6.78. The fraction of sp³-hybridized carbons (Fsp3) is 0.875. The molecule has 5 nitrogen and oxygen atoms in total. The molecular formula is C8H19N3O2S2. The van der Waals surface area contributed by atoms with Gasteiger partial charge in [-0.2, -0.15) is 13.1 Å². The zero-order valence-corrected chi connectivity index (χ0v) is 10.7. The van der Waals surface area contributed by atoms with Gasteiger partial charge < -0.3 is 5.73 Å². The number of hydrogen-bond donors (Lipinski definition) is 3. The lowest BCUT2D eigenvalue weighted by molar-refractivity contribution is 0.552. The Hall–Kier alpha value is -0.240. The molecule has 0 bridgehead atoms. The Morgan fingerprint density at radius 2 is 2.00 bits per heavy atom. The average Bonchev–Trinajstić information content (AvgIpc) is 1.99. The lowest BCUT2D eigenvalue weighted by atomic mass is 10.2. The van der Waals surface area contributed by atoms with Gasteiger partial charge in [-0.15, -0.1) is 0 Å². The number of rotatable bonds is 8. The third kappa shape index (κ3) is 10.1. The monoisotopic (exact) mass is 253 g/mol. The normalized spacial score (nSPS) is 11.9. The second-order valence-corrected chi connectivity index (χ2v) is 5.65. The minimum absolute atomic E-state index is 0.0980. The van der Waals surface area contributed by atoms with Gasteiger partial charge in [-0.05, 0) is 33.1 Å². The molecule has 0 amide bonds. The third-order valence-corrected chi connectivity index (χ3v) is 3.10. The van der Waals surface area contributed by atoms with Crippen LogP contribution >= 0.6 is 12.2 Å². The smallest absolute Gasteiger partial charge is 0.277 e. The second-order valence-electron chi connectivity index (χ2n) is 3.59. The van der Waals surface area contributed by atoms with E-state index in [2.05, 4.69) is 9.44 Å². The van der Waals surface area contributed by atoms with Crippen LogP contribution in [0.25, 0.3) is 0 Å². The lowest BCUT2D eigenvalue weighted by Gasteiger charge is -2.10. The van der Waals surface area contributed by atoms with Crippen LogP contribution in [0.3, 0.4) is 0 Å². The highest BCUT2D eigenvalue weighted by Gasteiger charge is 2.09. The predicted molar refractivity (Wildman–Crippen MR) is 65.8 cm³/mol. The van der Waals surface area contributed by atoms with Crippen LogP contribution in [0.5, 0.6) is 0 Å². The van der Waals surface area contributed by atoms with Crippen molar-refractivity contribution in [2.45, 2.75) is 39.2 Å². The van der Waals surface area contributed by atoms with Crippen LogP contribution in [0.4, 0.5) is 0 Å². The van der Waals surface area contributed by atoms with Gasteiger partial charge in [-0.25, -0.2) is 4.72 Å². The summed E-state index contributed by atoms with van der Waals surface area (Å²) in [5.74, 6) is 0. The van der Waals surface area contributed by atoms with E-state index >= 15 is 0 Å². The maximum Gasteiger partial charge on any atom is 0.277 e. The van der Waals surface area contributed by atoms with E-state index in [4.69, 9.17) is 18.0 Å². The number of unbranched alkanes of at least 4 members (excludes halogenated alkanes) is 1. The Kier molecular flexibility index (Phi) is 6.99. The zero-order chi connectivity index (χ0) is 11.9. The molecule has 7 heteroatoms. The van der Waals surface area contributed by atoms with Crippen LogP contribution in [0.15, 0.2) is 0 Å². The Labute approximate surface area is 97.0 Å². The van der Waals surface area contributed by atoms with E-state index in [1.165, 1.54) is 0 Å². The van der Waals surface area contributed by atoms with Gasteiger partial charge in [-0.1, -0.05) is 12.2 Å². The van der Waals surface area contributed by atoms with Gasteiger partial charge in [0.1, 0.15) is 0 Å². The largest absolute Gasteiger partial charge is 0.393 e. The Balaban J connectivity index is 3.62. The third-order valence-electron chi connectivity index (χ3n) is 1.53. The maximum atomic E-state index is 11.3. The molecule has 4 N–H and O–H groups in total. The van der Waals surface area contributed by atoms with Crippen LogP contribution in [0.2, 0.25) is 0 Å². The molecule has 90 valence electrons. The van der Waals surface area contributed by atoms with Crippen molar-refractivity contribution >= 4 is 27.4 Å². The Bertz CT molecular complexity index is 288. The number of thiocarbonyl (C=S) groups is 1. The van der Waals surface area contributed by atoms with Crippen molar-refractivity contribution in [3.63, 3.8) is 0 Å². The summed E-state index contributed by atoms with van der Waals surface area (Å²) in [7, 11) is -3.35. The molecule has 0 aliphatic carbocycles. The van der Waals surface area contributed by atoms with Crippen molar-refractivity contribution in [3.05, 3.63) is 0 Å². The zero-order valence-electron chi connectivity index (χ0n) is 9.12. The molecule has 0 aliphatic rings. The first kappa shape index (κ1) is 14.8. The van der Waals surface area contributed by atoms with Crippen molar-refractivity contribution in [1.82, 2.24) is 9.44 Å². The highest BCUT2D eigenvalue weighted by Crippen LogP contribution is 1.94. The number of nitrogens with one attached hydrogen (secondary N) is 2. The second kappa shape index (κ2) is 7.10. The molecule has 0 aromatic heterocycles. The van der Waals surface area contributed by atoms with Crippen LogP contribution in [-0.2, 0) is 10.2 Å². The van der Waals surface area contributed by atoms with Gasteiger partial charge in [0.25, 0.3) is 10.2 Å². The van der Waals surface area contributed by atoms with Gasteiger partial charge in [0, 0.05) is 12.6 Å². The maximum absolute atomic E-state index is 11.3. The van der Waals surface area contributed by atoms with Crippen LogP contribution < -0.4 is 15.2 Å². The first-order chi connectivity index (χ1) is 6.83. The fourth-order valence-corrected chi connectivity index (χ4v) is 2.24. The summed E-state index contributed by atoms with van der Waals surface area (Å²) in [5.41, 5.74) is 5.31. The molecule has 0 saturated heterocycles. The van der Waals surface area contributed by atoms with E-state index in [0.717, 1.165) is 12.8 Å². The molecule has 0 aliphatic heterocycles. The van der Waals surface area contributed by atoms with E-state index < -0.39 is 10.2 Å². The lowest BCUT2D eigenvalue weighted by Crippen LogP contribution is -2.40. The Morgan fingerprint density at radius 1 is 1.40 bits per heavy atom. The highest BCUT2D eigenvalue weighted by molar-refractivity contribution is 7.87. The molecule has 0 aromatic carbocycles. The Morgan fingerprint density at radius 3 is 2.47 bits per heavy atom. The van der Waals surface area contributed by atoms with Gasteiger partial charge in [0.2, 0.25) is 0 Å². The molecule has 0 heterocycles. The minimum Gasteiger partial charge on any atom is -0.393 e. The summed E-state index contributed by atoms with van der Waals surface area (Å²) in [4.78, 5) is 0.471. The summed E-state index contributed by atoms with van der Waals surface area (Å²) < 4.78 is 27.4.